The van der Waals surface area contributed by atoms with Gasteiger partial charge in [-0.05, 0) is 69.2 Å². The molecule has 2 aromatic rings. The number of para-hydroxylation sites is 1. The Balaban J connectivity index is 1.99. The van der Waals surface area contributed by atoms with Gasteiger partial charge in [-0.3, -0.25) is 0 Å². The Kier molecular flexibility index (Phi) is 9.02. The van der Waals surface area contributed by atoms with E-state index in [1.807, 2.05) is 25.1 Å². The number of aromatic hydroxyl groups is 2. The lowest BCUT2D eigenvalue weighted by atomic mass is 9.73. The molecule has 1 aliphatic rings. The summed E-state index contributed by atoms with van der Waals surface area (Å²) in [6.07, 6.45) is 7.33. The second-order valence-corrected chi connectivity index (χ2v) is 9.82. The van der Waals surface area contributed by atoms with Gasteiger partial charge in [0.1, 0.15) is 17.2 Å². The summed E-state index contributed by atoms with van der Waals surface area (Å²) in [5.41, 5.74) is 4.33. The Hall–Kier alpha value is -3.21. The number of rotatable bonds is 9. The van der Waals surface area contributed by atoms with E-state index in [2.05, 4.69) is 26.5 Å². The number of unbranched alkanes of at least 4 members (excludes halogenated alkanes) is 2. The van der Waals surface area contributed by atoms with Gasteiger partial charge in [-0.2, -0.15) is 0 Å². The minimum atomic E-state index is -0.502. The molecule has 2 unspecified atom stereocenters. The number of allylic oxidation sites excluding steroid dienone is 3. The van der Waals surface area contributed by atoms with Crippen molar-refractivity contribution in [2.75, 3.05) is 7.05 Å². The molecule has 2 aromatic carbocycles. The molecule has 0 heterocycles. The highest BCUT2D eigenvalue weighted by atomic mass is 16.6. The quantitative estimate of drug-likeness (QED) is 0.290. The van der Waals surface area contributed by atoms with Crippen molar-refractivity contribution in [3.63, 3.8) is 0 Å². The Bertz CT molecular complexity index is 1070. The molecule has 0 spiro atoms. The normalized spacial score (nSPS) is 17.5. The molecule has 2 atom stereocenters. The van der Waals surface area contributed by atoms with Crippen molar-refractivity contribution in [2.24, 2.45) is 5.92 Å². The molecule has 0 saturated heterocycles. The predicted molar refractivity (Wildman–Crippen MR) is 141 cm³/mol. The second kappa shape index (κ2) is 12.0. The van der Waals surface area contributed by atoms with Gasteiger partial charge in [0, 0.05) is 24.1 Å². The number of benzene rings is 2. The van der Waals surface area contributed by atoms with Crippen molar-refractivity contribution in [3.8, 4) is 17.2 Å². The minimum Gasteiger partial charge on any atom is -0.507 e. The van der Waals surface area contributed by atoms with Gasteiger partial charge in [0.15, 0.2) is 0 Å². The van der Waals surface area contributed by atoms with Crippen molar-refractivity contribution in [1.82, 2.24) is 4.90 Å². The number of hydrogen-bond donors (Lipinski definition) is 2. The smallest absolute Gasteiger partial charge is 0.415 e. The fourth-order valence-electron chi connectivity index (χ4n) is 4.93. The van der Waals surface area contributed by atoms with E-state index in [9.17, 15) is 15.0 Å². The molecule has 5 nitrogen and oxygen atoms in total. The van der Waals surface area contributed by atoms with Crippen LogP contribution in [0.25, 0.3) is 0 Å². The van der Waals surface area contributed by atoms with Crippen LogP contribution in [-0.2, 0) is 13.0 Å². The van der Waals surface area contributed by atoms with Gasteiger partial charge in [-0.15, -0.1) is 0 Å². The number of carbonyl (C=O) groups is 1. The van der Waals surface area contributed by atoms with E-state index < -0.39 is 6.09 Å². The topological polar surface area (TPSA) is 70.0 Å². The maximum Gasteiger partial charge on any atom is 0.415 e. The first-order valence-corrected chi connectivity index (χ1v) is 12.6. The lowest BCUT2D eigenvalue weighted by Gasteiger charge is -2.32. The van der Waals surface area contributed by atoms with Crippen LogP contribution in [0.4, 0.5) is 4.79 Å². The molecule has 0 saturated carbocycles. The van der Waals surface area contributed by atoms with Gasteiger partial charge in [-0.25, -0.2) is 4.79 Å². The third-order valence-corrected chi connectivity index (χ3v) is 6.93. The lowest BCUT2D eigenvalue weighted by Crippen LogP contribution is -2.30. The summed E-state index contributed by atoms with van der Waals surface area (Å²) >= 11 is 0. The summed E-state index contributed by atoms with van der Waals surface area (Å²) in [7, 11) is 1.66. The Morgan fingerprint density at radius 2 is 1.91 bits per heavy atom. The van der Waals surface area contributed by atoms with Crippen LogP contribution in [0.5, 0.6) is 17.2 Å². The van der Waals surface area contributed by atoms with Gasteiger partial charge in [0.25, 0.3) is 0 Å². The zero-order valence-electron chi connectivity index (χ0n) is 21.5. The number of aryl methyl sites for hydroxylation is 1. The van der Waals surface area contributed by atoms with Gasteiger partial charge in [0.2, 0.25) is 0 Å². The highest BCUT2D eigenvalue weighted by Gasteiger charge is 2.32. The average Bonchev–Trinajstić information content (AvgIpc) is 2.82. The van der Waals surface area contributed by atoms with Crippen molar-refractivity contribution in [1.29, 1.82) is 0 Å². The molecule has 0 fully saturated rings. The first-order valence-electron chi connectivity index (χ1n) is 12.6. The van der Waals surface area contributed by atoms with Gasteiger partial charge in [-0.1, -0.05) is 61.8 Å². The molecule has 0 aromatic heterocycles. The zero-order valence-corrected chi connectivity index (χ0v) is 21.5. The highest BCUT2D eigenvalue weighted by molar-refractivity contribution is 5.71. The number of ether oxygens (including phenoxy) is 1. The fourth-order valence-corrected chi connectivity index (χ4v) is 4.93. The molecule has 188 valence electrons. The van der Waals surface area contributed by atoms with Crippen molar-refractivity contribution in [2.45, 2.75) is 71.8 Å². The summed E-state index contributed by atoms with van der Waals surface area (Å²) in [6, 6.07) is 10.7. The Labute approximate surface area is 209 Å². The fraction of sp³-hybridized carbons (Fsp3) is 0.433. The van der Waals surface area contributed by atoms with E-state index in [-0.39, 0.29) is 29.9 Å². The second-order valence-electron chi connectivity index (χ2n) is 9.82. The molecule has 0 aliphatic heterocycles. The maximum absolute atomic E-state index is 12.8. The van der Waals surface area contributed by atoms with Crippen LogP contribution >= 0.6 is 0 Å². The van der Waals surface area contributed by atoms with Crippen LogP contribution in [0.2, 0.25) is 0 Å². The Morgan fingerprint density at radius 1 is 1.20 bits per heavy atom. The maximum atomic E-state index is 12.8. The third-order valence-electron chi connectivity index (χ3n) is 6.93. The minimum absolute atomic E-state index is 0.0676. The Morgan fingerprint density at radius 3 is 2.57 bits per heavy atom. The average molecular weight is 478 g/mol. The number of phenolic OH excluding ortho intramolecular Hbond substituents is 2. The summed E-state index contributed by atoms with van der Waals surface area (Å²) in [5.74, 6) is 0.615. The largest absolute Gasteiger partial charge is 0.507 e. The van der Waals surface area contributed by atoms with Crippen LogP contribution in [0.3, 0.4) is 0 Å². The first-order chi connectivity index (χ1) is 16.7. The third kappa shape index (κ3) is 6.47. The van der Waals surface area contributed by atoms with Crippen LogP contribution < -0.4 is 4.74 Å². The predicted octanol–water partition coefficient (Wildman–Crippen LogP) is 7.48. The van der Waals surface area contributed by atoms with Crippen LogP contribution in [0, 0.1) is 5.92 Å². The van der Waals surface area contributed by atoms with Crippen LogP contribution in [-0.4, -0.2) is 28.3 Å². The van der Waals surface area contributed by atoms with Gasteiger partial charge < -0.3 is 19.8 Å². The lowest BCUT2D eigenvalue weighted by molar-refractivity contribution is 0.160. The van der Waals surface area contributed by atoms with Crippen molar-refractivity contribution in [3.05, 3.63) is 76.9 Å². The van der Waals surface area contributed by atoms with E-state index in [1.54, 1.807) is 25.2 Å². The van der Waals surface area contributed by atoms with Gasteiger partial charge in [0.05, 0.1) is 6.54 Å². The van der Waals surface area contributed by atoms with E-state index in [0.717, 1.165) is 49.7 Å². The molecular weight excluding hydrogens is 438 g/mol. The van der Waals surface area contributed by atoms with Crippen LogP contribution in [0.15, 0.2) is 60.2 Å². The van der Waals surface area contributed by atoms with Gasteiger partial charge >= 0.3 is 6.09 Å². The summed E-state index contributed by atoms with van der Waals surface area (Å²) < 4.78 is 5.49. The highest BCUT2D eigenvalue weighted by Crippen LogP contribution is 2.48. The van der Waals surface area contributed by atoms with Crippen LogP contribution in [0.1, 0.15) is 75.5 Å². The van der Waals surface area contributed by atoms with Crippen molar-refractivity contribution >= 4 is 6.09 Å². The van der Waals surface area contributed by atoms with E-state index >= 15 is 0 Å². The SMILES string of the molecule is C=C(C)C1CCC(C)=CC1c1c(O)cc(CCCCC)c(CN(C)C(=O)Oc2ccccc2)c1O. The number of hydrogen-bond acceptors (Lipinski definition) is 4. The molecule has 0 radical (unpaired) electrons. The van der Waals surface area contributed by atoms with E-state index in [4.69, 9.17) is 4.74 Å². The zero-order chi connectivity index (χ0) is 25.5. The summed E-state index contributed by atoms with van der Waals surface area (Å²) in [4.78, 5) is 14.3. The summed E-state index contributed by atoms with van der Waals surface area (Å²) in [6.45, 7) is 10.6. The number of nitrogens with zero attached hydrogens (tertiary/aromatic N) is 1. The number of carbonyl (C=O) groups excluding carboxylic acids is 1. The van der Waals surface area contributed by atoms with Crippen molar-refractivity contribution < 1.29 is 19.7 Å². The monoisotopic (exact) mass is 477 g/mol. The molecular formula is C30H39NO4. The molecule has 35 heavy (non-hydrogen) atoms. The number of amides is 1. The molecule has 2 N–H and O–H groups in total. The van der Waals surface area contributed by atoms with E-state index in [1.165, 1.54) is 10.5 Å². The molecule has 5 heteroatoms. The van der Waals surface area contributed by atoms with E-state index in [0.29, 0.717) is 16.9 Å². The molecule has 1 amide bonds. The molecule has 1 aliphatic carbocycles. The standard InChI is InChI=1S/C30H39NO4/c1-6-7-9-12-22-18-27(32)28(25-17-21(4)15-16-24(25)20(2)3)29(33)26(22)19-31(5)30(34)35-23-13-10-8-11-14-23/h8,10-11,13-14,17-18,24-25,32-33H,2,6-7,9,12,15-16,19H2,1,3-5H3. The molecule has 3 rings (SSSR count). The summed E-state index contributed by atoms with van der Waals surface area (Å²) in [5, 5.41) is 22.7. The molecule has 0 bridgehead atoms. The first kappa shape index (κ1) is 26.4. The number of phenols is 2.